The third-order valence-electron chi connectivity index (χ3n) is 3.35. The van der Waals surface area contributed by atoms with Crippen molar-refractivity contribution in [3.05, 3.63) is 35.5 Å². The van der Waals surface area contributed by atoms with Crippen LogP contribution in [0.4, 0.5) is 5.13 Å². The van der Waals surface area contributed by atoms with E-state index in [-0.39, 0.29) is 11.9 Å². The van der Waals surface area contributed by atoms with Gasteiger partial charge in [-0.05, 0) is 12.1 Å². The summed E-state index contributed by atoms with van der Waals surface area (Å²) in [6.07, 6.45) is 1.87. The summed E-state index contributed by atoms with van der Waals surface area (Å²) in [6.45, 7) is 2.27. The Labute approximate surface area is 142 Å². The number of hydrogen-bond acceptors (Lipinski definition) is 6. The minimum Gasteiger partial charge on any atom is -0.469 e. The molecule has 1 atom stereocenters. The summed E-state index contributed by atoms with van der Waals surface area (Å²) >= 11 is 7.32. The van der Waals surface area contributed by atoms with Crippen molar-refractivity contribution in [3.8, 4) is 11.3 Å². The number of hydrogen-bond donors (Lipinski definition) is 1. The number of nitrogens with one attached hydrogen (secondary N) is 1. The minimum atomic E-state index is -0.246. The summed E-state index contributed by atoms with van der Waals surface area (Å²) in [4.78, 5) is 16.7. The molecule has 0 spiro atoms. The van der Waals surface area contributed by atoms with Gasteiger partial charge in [0, 0.05) is 17.1 Å². The summed E-state index contributed by atoms with van der Waals surface area (Å²) in [5.74, 6) is -0.482. The molecule has 3 rings (SSSR count). The molecule has 0 aliphatic heterocycles. The van der Waals surface area contributed by atoms with Gasteiger partial charge in [-0.25, -0.2) is 9.50 Å². The Morgan fingerprint density at radius 3 is 2.83 bits per heavy atom. The van der Waals surface area contributed by atoms with E-state index in [0.717, 1.165) is 16.2 Å². The smallest absolute Gasteiger partial charge is 0.310 e. The normalized spacial score (nSPS) is 12.3. The molecule has 0 saturated heterocycles. The monoisotopic (exact) mass is 350 g/mol. The quantitative estimate of drug-likeness (QED) is 0.715. The van der Waals surface area contributed by atoms with Crippen molar-refractivity contribution in [3.63, 3.8) is 0 Å². The number of halogens is 1. The van der Waals surface area contributed by atoms with E-state index in [1.165, 1.54) is 18.4 Å². The standard InChI is InChI=1S/C15H15ClN4O2S/c1-9(13(21)22-2)7-17-14-19-20-8-12(18-15(20)23-14)10-3-5-11(16)6-4-10/h3-6,8-9H,7H2,1-2H3,(H,17,19). The van der Waals surface area contributed by atoms with E-state index in [2.05, 4.69) is 15.4 Å². The van der Waals surface area contributed by atoms with Crippen molar-refractivity contribution in [1.82, 2.24) is 14.6 Å². The van der Waals surface area contributed by atoms with Crippen molar-refractivity contribution in [1.29, 1.82) is 0 Å². The van der Waals surface area contributed by atoms with Crippen LogP contribution in [0.1, 0.15) is 6.92 Å². The average molecular weight is 351 g/mol. The van der Waals surface area contributed by atoms with Gasteiger partial charge < -0.3 is 10.1 Å². The van der Waals surface area contributed by atoms with Crippen molar-refractivity contribution in [2.45, 2.75) is 6.92 Å². The topological polar surface area (TPSA) is 68.5 Å². The zero-order valence-corrected chi connectivity index (χ0v) is 14.2. The van der Waals surface area contributed by atoms with Crippen molar-refractivity contribution in [2.75, 3.05) is 19.0 Å². The van der Waals surface area contributed by atoms with Gasteiger partial charge in [-0.2, -0.15) is 0 Å². The van der Waals surface area contributed by atoms with Crippen LogP contribution < -0.4 is 5.32 Å². The van der Waals surface area contributed by atoms with Gasteiger partial charge in [-0.1, -0.05) is 42.0 Å². The maximum atomic E-state index is 11.4. The molecule has 0 bridgehead atoms. The molecule has 0 saturated carbocycles. The summed E-state index contributed by atoms with van der Waals surface area (Å²) in [7, 11) is 1.38. The minimum absolute atomic E-state index is 0.235. The predicted molar refractivity (Wildman–Crippen MR) is 91.0 cm³/mol. The molecule has 8 heteroatoms. The first-order valence-electron chi connectivity index (χ1n) is 7.00. The van der Waals surface area contributed by atoms with Gasteiger partial charge >= 0.3 is 5.97 Å². The Morgan fingerprint density at radius 2 is 2.17 bits per heavy atom. The van der Waals surface area contributed by atoms with Gasteiger partial charge in [0.05, 0.1) is 24.9 Å². The number of methoxy groups -OCH3 is 1. The Morgan fingerprint density at radius 1 is 1.43 bits per heavy atom. The van der Waals surface area contributed by atoms with E-state index in [1.807, 2.05) is 30.5 Å². The van der Waals surface area contributed by atoms with Gasteiger partial charge in [-0.15, -0.1) is 5.10 Å². The molecular weight excluding hydrogens is 336 g/mol. The van der Waals surface area contributed by atoms with Crippen molar-refractivity contribution >= 4 is 39.0 Å². The van der Waals surface area contributed by atoms with Crippen LogP contribution in [-0.4, -0.2) is 34.2 Å². The highest BCUT2D eigenvalue weighted by molar-refractivity contribution is 7.20. The maximum absolute atomic E-state index is 11.4. The van der Waals surface area contributed by atoms with Crippen LogP contribution in [0.3, 0.4) is 0 Å². The Bertz CT molecular complexity index is 796. The lowest BCUT2D eigenvalue weighted by atomic mass is 10.2. The number of anilines is 1. The molecule has 2 heterocycles. The molecule has 0 fully saturated rings. The number of carbonyl (C=O) groups is 1. The molecule has 120 valence electrons. The predicted octanol–water partition coefficient (Wildman–Crippen LogP) is 3.33. The third kappa shape index (κ3) is 3.46. The zero-order valence-electron chi connectivity index (χ0n) is 12.6. The van der Waals surface area contributed by atoms with Crippen LogP contribution in [0, 0.1) is 5.92 Å². The fourth-order valence-electron chi connectivity index (χ4n) is 2.06. The molecule has 1 aromatic carbocycles. The second-order valence-electron chi connectivity index (χ2n) is 5.07. The average Bonchev–Trinajstić information content (AvgIpc) is 3.11. The van der Waals surface area contributed by atoms with Gasteiger partial charge in [0.25, 0.3) is 0 Å². The number of esters is 1. The molecule has 2 aromatic heterocycles. The highest BCUT2D eigenvalue weighted by Gasteiger charge is 2.14. The highest BCUT2D eigenvalue weighted by Crippen LogP contribution is 2.25. The fourth-order valence-corrected chi connectivity index (χ4v) is 2.97. The van der Waals surface area contributed by atoms with E-state index >= 15 is 0 Å². The third-order valence-corrected chi connectivity index (χ3v) is 4.48. The lowest BCUT2D eigenvalue weighted by Gasteiger charge is -2.08. The first-order valence-corrected chi connectivity index (χ1v) is 8.20. The van der Waals surface area contributed by atoms with Gasteiger partial charge in [0.1, 0.15) is 0 Å². The van der Waals surface area contributed by atoms with Crippen LogP contribution in [-0.2, 0) is 9.53 Å². The lowest BCUT2D eigenvalue weighted by molar-refractivity contribution is -0.144. The number of ether oxygens (including phenoxy) is 1. The Hall–Kier alpha value is -2.12. The molecule has 3 aromatic rings. The van der Waals surface area contributed by atoms with Crippen LogP contribution >= 0.6 is 22.9 Å². The Balaban J connectivity index is 1.73. The highest BCUT2D eigenvalue weighted by atomic mass is 35.5. The van der Waals surface area contributed by atoms with E-state index in [0.29, 0.717) is 16.7 Å². The molecule has 0 radical (unpaired) electrons. The molecular formula is C15H15ClN4O2S. The van der Waals surface area contributed by atoms with Gasteiger partial charge in [-0.3, -0.25) is 4.79 Å². The number of fused-ring (bicyclic) bond motifs is 1. The van der Waals surface area contributed by atoms with Gasteiger partial charge in [0.15, 0.2) is 0 Å². The van der Waals surface area contributed by atoms with Crippen LogP contribution in [0.2, 0.25) is 5.02 Å². The summed E-state index contributed by atoms with van der Waals surface area (Å²) < 4.78 is 6.42. The molecule has 0 aliphatic rings. The van der Waals surface area contributed by atoms with Crippen LogP contribution in [0.5, 0.6) is 0 Å². The number of imidazole rings is 1. The number of benzene rings is 1. The molecule has 0 aliphatic carbocycles. The molecule has 0 amide bonds. The molecule has 23 heavy (non-hydrogen) atoms. The van der Waals surface area contributed by atoms with Crippen molar-refractivity contribution in [2.24, 2.45) is 5.92 Å². The molecule has 1 unspecified atom stereocenters. The summed E-state index contributed by atoms with van der Waals surface area (Å²) in [5.41, 5.74) is 1.83. The first kappa shape index (κ1) is 15.8. The summed E-state index contributed by atoms with van der Waals surface area (Å²) in [6, 6.07) is 7.51. The second-order valence-corrected chi connectivity index (χ2v) is 6.46. The number of carbonyl (C=O) groups excluding carboxylic acids is 1. The SMILES string of the molecule is COC(=O)C(C)CNc1nn2cc(-c3ccc(Cl)cc3)nc2s1. The van der Waals surface area contributed by atoms with Crippen LogP contribution in [0.25, 0.3) is 16.2 Å². The maximum Gasteiger partial charge on any atom is 0.310 e. The van der Waals surface area contributed by atoms with E-state index < -0.39 is 0 Å². The number of aromatic nitrogens is 3. The first-order chi connectivity index (χ1) is 11.1. The molecule has 6 nitrogen and oxygen atoms in total. The molecule has 1 N–H and O–H groups in total. The lowest BCUT2D eigenvalue weighted by Crippen LogP contribution is -2.21. The van der Waals surface area contributed by atoms with E-state index in [9.17, 15) is 4.79 Å². The van der Waals surface area contributed by atoms with E-state index in [1.54, 1.807) is 11.4 Å². The summed E-state index contributed by atoms with van der Waals surface area (Å²) in [5, 5.41) is 8.95. The van der Waals surface area contributed by atoms with Crippen LogP contribution in [0.15, 0.2) is 30.5 Å². The number of nitrogens with zero attached hydrogens (tertiary/aromatic N) is 3. The largest absolute Gasteiger partial charge is 0.469 e. The zero-order chi connectivity index (χ0) is 16.4. The second kappa shape index (κ2) is 6.55. The van der Waals surface area contributed by atoms with Crippen molar-refractivity contribution < 1.29 is 9.53 Å². The van der Waals surface area contributed by atoms with Gasteiger partial charge in [0.2, 0.25) is 10.1 Å². The van der Waals surface area contributed by atoms with E-state index in [4.69, 9.17) is 16.3 Å². The fraction of sp³-hybridized carbons (Fsp3) is 0.267. The Kier molecular flexibility index (Phi) is 4.49. The number of rotatable bonds is 5.